The van der Waals surface area contributed by atoms with E-state index in [-0.39, 0.29) is 24.6 Å². The van der Waals surface area contributed by atoms with Gasteiger partial charge in [-0.2, -0.15) is 0 Å². The van der Waals surface area contributed by atoms with Crippen molar-refractivity contribution in [3.05, 3.63) is 47.8 Å². The number of hydrogen-bond acceptors (Lipinski definition) is 4. The molecule has 0 radical (unpaired) electrons. The molecule has 3 rings (SSSR count). The summed E-state index contributed by atoms with van der Waals surface area (Å²) in [5.41, 5.74) is 9.54. The molecule has 2 heterocycles. The number of ether oxygens (including phenoxy) is 1. The van der Waals surface area contributed by atoms with Crippen LogP contribution in [0.2, 0.25) is 0 Å². The van der Waals surface area contributed by atoms with Crippen LogP contribution in [0.1, 0.15) is 24.2 Å². The van der Waals surface area contributed by atoms with Crippen LogP contribution in [-0.2, 0) is 11.2 Å². The van der Waals surface area contributed by atoms with Crippen molar-refractivity contribution in [2.24, 2.45) is 5.73 Å². The molecule has 5 heteroatoms. The minimum Gasteiger partial charge on any atom is -0.372 e. The van der Waals surface area contributed by atoms with E-state index in [4.69, 9.17) is 10.5 Å². The Bertz CT molecular complexity index is 575. The molecule has 2 aromatic rings. The average Bonchev–Trinajstić information content (AvgIpc) is 2.46. The van der Waals surface area contributed by atoms with Crippen LogP contribution in [0.5, 0.6) is 0 Å². The van der Waals surface area contributed by atoms with Crippen LogP contribution < -0.4 is 5.73 Å². The number of nitrogens with two attached hydrogens (primary N) is 1. The summed E-state index contributed by atoms with van der Waals surface area (Å²) < 4.78 is 5.79. The van der Waals surface area contributed by atoms with Crippen molar-refractivity contribution in [2.45, 2.75) is 25.5 Å². The van der Waals surface area contributed by atoms with Gasteiger partial charge in [0, 0.05) is 24.0 Å². The molecule has 0 amide bonds. The summed E-state index contributed by atoms with van der Waals surface area (Å²) in [5, 5.41) is 0. The summed E-state index contributed by atoms with van der Waals surface area (Å²) in [4.78, 5) is 8.69. The highest BCUT2D eigenvalue weighted by atomic mass is 35.5. The Morgan fingerprint density at radius 1 is 1.25 bits per heavy atom. The van der Waals surface area contributed by atoms with E-state index in [1.807, 2.05) is 19.1 Å². The average molecular weight is 292 g/mol. The first-order valence-corrected chi connectivity index (χ1v) is 6.53. The second kappa shape index (κ2) is 6.31. The van der Waals surface area contributed by atoms with Gasteiger partial charge in [-0.3, -0.25) is 0 Å². The van der Waals surface area contributed by atoms with Crippen LogP contribution in [0, 0.1) is 0 Å². The third-order valence-electron chi connectivity index (χ3n) is 3.45. The molecule has 0 bridgehead atoms. The molecule has 1 aliphatic heterocycles. The summed E-state index contributed by atoms with van der Waals surface area (Å²) in [6, 6.07) is 7.99. The molecule has 4 nitrogen and oxygen atoms in total. The standard InChI is InChI=1S/C15H17N3O.ClH/c1-10(16)14-12-4-2-5-13(11(12)6-9-19-14)15-17-7-3-8-18-15;/h2-5,7-8,10,14H,6,9,16H2,1H3;1H/t10-,14?;/m0./s1. The Hall–Kier alpha value is -1.49. The number of rotatable bonds is 2. The van der Waals surface area contributed by atoms with Gasteiger partial charge in [0.25, 0.3) is 0 Å². The molecule has 1 aromatic carbocycles. The number of halogens is 1. The summed E-state index contributed by atoms with van der Waals surface area (Å²) in [6.07, 6.45) is 4.38. The number of benzene rings is 1. The molecule has 2 atom stereocenters. The molecule has 1 aromatic heterocycles. The van der Waals surface area contributed by atoms with Crippen LogP contribution in [-0.4, -0.2) is 22.6 Å². The lowest BCUT2D eigenvalue weighted by atomic mass is 9.90. The normalized spacial score (nSPS) is 18.8. The SMILES string of the molecule is C[C@H](N)C1OCCc2c(-c3ncccn3)cccc21.Cl. The van der Waals surface area contributed by atoms with Crippen molar-refractivity contribution in [1.29, 1.82) is 0 Å². The molecule has 0 saturated heterocycles. The highest BCUT2D eigenvalue weighted by Crippen LogP contribution is 2.34. The maximum absolute atomic E-state index is 6.01. The quantitative estimate of drug-likeness (QED) is 0.923. The Morgan fingerprint density at radius 3 is 2.70 bits per heavy atom. The van der Waals surface area contributed by atoms with E-state index in [2.05, 4.69) is 22.1 Å². The maximum Gasteiger partial charge on any atom is 0.159 e. The first-order chi connectivity index (χ1) is 9.27. The van der Waals surface area contributed by atoms with Crippen LogP contribution in [0.4, 0.5) is 0 Å². The first kappa shape index (κ1) is 14.9. The molecule has 0 aliphatic carbocycles. The number of aromatic nitrogens is 2. The molecule has 106 valence electrons. The van der Waals surface area contributed by atoms with Gasteiger partial charge in [0.05, 0.1) is 12.7 Å². The van der Waals surface area contributed by atoms with E-state index in [0.717, 1.165) is 17.8 Å². The smallest absolute Gasteiger partial charge is 0.159 e. The van der Waals surface area contributed by atoms with Gasteiger partial charge in [-0.25, -0.2) is 9.97 Å². The summed E-state index contributed by atoms with van der Waals surface area (Å²) in [7, 11) is 0. The lowest BCUT2D eigenvalue weighted by Crippen LogP contribution is -2.31. The van der Waals surface area contributed by atoms with E-state index >= 15 is 0 Å². The van der Waals surface area contributed by atoms with Crippen LogP contribution in [0.15, 0.2) is 36.7 Å². The van der Waals surface area contributed by atoms with Crippen LogP contribution in [0.25, 0.3) is 11.4 Å². The van der Waals surface area contributed by atoms with E-state index in [9.17, 15) is 0 Å². The van der Waals surface area contributed by atoms with Gasteiger partial charge in [0.15, 0.2) is 5.82 Å². The number of hydrogen-bond donors (Lipinski definition) is 1. The Balaban J connectivity index is 0.00000147. The molecule has 1 unspecified atom stereocenters. The van der Waals surface area contributed by atoms with Gasteiger partial charge < -0.3 is 10.5 Å². The summed E-state index contributed by atoms with van der Waals surface area (Å²) in [5.74, 6) is 0.768. The van der Waals surface area contributed by atoms with Gasteiger partial charge in [0.1, 0.15) is 0 Å². The number of nitrogens with zero attached hydrogens (tertiary/aromatic N) is 2. The fraction of sp³-hybridized carbons (Fsp3) is 0.333. The zero-order chi connectivity index (χ0) is 13.2. The molecule has 0 spiro atoms. The minimum atomic E-state index is -0.0348. The van der Waals surface area contributed by atoms with E-state index in [0.29, 0.717) is 6.61 Å². The van der Waals surface area contributed by atoms with Crippen LogP contribution >= 0.6 is 12.4 Å². The highest BCUT2D eigenvalue weighted by molar-refractivity contribution is 5.85. The molecule has 0 saturated carbocycles. The lowest BCUT2D eigenvalue weighted by Gasteiger charge is -2.30. The predicted octanol–water partition coefficient (Wildman–Crippen LogP) is 2.53. The van der Waals surface area contributed by atoms with Gasteiger partial charge in [0.2, 0.25) is 0 Å². The van der Waals surface area contributed by atoms with Gasteiger partial charge in [-0.15, -0.1) is 12.4 Å². The molecule has 0 fully saturated rings. The van der Waals surface area contributed by atoms with Crippen molar-refractivity contribution >= 4 is 12.4 Å². The lowest BCUT2D eigenvalue weighted by molar-refractivity contribution is 0.0286. The molecular formula is C15H18ClN3O. The Morgan fingerprint density at radius 2 is 2.00 bits per heavy atom. The zero-order valence-electron chi connectivity index (χ0n) is 11.3. The Kier molecular flexibility index (Phi) is 4.70. The molecule has 20 heavy (non-hydrogen) atoms. The largest absolute Gasteiger partial charge is 0.372 e. The monoisotopic (exact) mass is 291 g/mol. The summed E-state index contributed by atoms with van der Waals surface area (Å²) in [6.45, 7) is 2.68. The van der Waals surface area contributed by atoms with Crippen molar-refractivity contribution in [2.75, 3.05) is 6.61 Å². The summed E-state index contributed by atoms with van der Waals surface area (Å²) >= 11 is 0. The van der Waals surface area contributed by atoms with E-state index in [1.165, 1.54) is 11.1 Å². The predicted molar refractivity (Wildman–Crippen MR) is 80.8 cm³/mol. The van der Waals surface area contributed by atoms with Crippen molar-refractivity contribution in [3.8, 4) is 11.4 Å². The first-order valence-electron chi connectivity index (χ1n) is 6.53. The molecule has 2 N–H and O–H groups in total. The topological polar surface area (TPSA) is 61.0 Å². The highest BCUT2D eigenvalue weighted by Gasteiger charge is 2.26. The second-order valence-electron chi connectivity index (χ2n) is 4.85. The third-order valence-corrected chi connectivity index (χ3v) is 3.45. The number of fused-ring (bicyclic) bond motifs is 1. The third kappa shape index (κ3) is 2.68. The van der Waals surface area contributed by atoms with E-state index < -0.39 is 0 Å². The van der Waals surface area contributed by atoms with Gasteiger partial charge >= 0.3 is 0 Å². The van der Waals surface area contributed by atoms with Crippen molar-refractivity contribution in [3.63, 3.8) is 0 Å². The van der Waals surface area contributed by atoms with Gasteiger partial charge in [-0.1, -0.05) is 18.2 Å². The zero-order valence-corrected chi connectivity index (χ0v) is 12.1. The van der Waals surface area contributed by atoms with Crippen molar-refractivity contribution in [1.82, 2.24) is 9.97 Å². The fourth-order valence-corrected chi connectivity index (χ4v) is 2.61. The minimum absolute atomic E-state index is 0. The fourth-order valence-electron chi connectivity index (χ4n) is 2.61. The van der Waals surface area contributed by atoms with Crippen molar-refractivity contribution < 1.29 is 4.74 Å². The second-order valence-corrected chi connectivity index (χ2v) is 4.85. The molecule has 1 aliphatic rings. The maximum atomic E-state index is 6.01. The van der Waals surface area contributed by atoms with E-state index in [1.54, 1.807) is 12.4 Å². The van der Waals surface area contributed by atoms with Crippen LogP contribution in [0.3, 0.4) is 0 Å². The Labute approximate surface area is 124 Å². The van der Waals surface area contributed by atoms with Gasteiger partial charge in [-0.05, 0) is 30.5 Å². The molecular weight excluding hydrogens is 274 g/mol.